The molecule has 1 atom stereocenters. The van der Waals surface area contributed by atoms with E-state index in [9.17, 15) is 4.79 Å². The maximum absolute atomic E-state index is 13.3. The number of aryl methyl sites for hydroxylation is 1. The van der Waals surface area contributed by atoms with Gasteiger partial charge in [-0.05, 0) is 31.4 Å². The number of hydrogen-bond acceptors (Lipinski definition) is 6. The van der Waals surface area contributed by atoms with Crippen LogP contribution in [0.2, 0.25) is 5.02 Å². The van der Waals surface area contributed by atoms with Crippen molar-refractivity contribution in [1.29, 1.82) is 0 Å². The number of oxazole rings is 1. The average Bonchev–Trinajstić information content (AvgIpc) is 3.50. The Kier molecular flexibility index (Phi) is 5.11. The molecule has 8 heteroatoms. The predicted octanol–water partition coefficient (Wildman–Crippen LogP) is 5.02. The van der Waals surface area contributed by atoms with Crippen molar-refractivity contribution in [3.8, 4) is 11.3 Å². The molecular formula is C23H21ClN4O3. The number of carbonyl (C=O) groups is 1. The van der Waals surface area contributed by atoms with Gasteiger partial charge in [-0.1, -0.05) is 47.1 Å². The molecule has 1 saturated heterocycles. The number of hydrogen-bond donors (Lipinski definition) is 1. The van der Waals surface area contributed by atoms with Crippen molar-refractivity contribution in [2.75, 3.05) is 25.0 Å². The van der Waals surface area contributed by atoms with Crippen molar-refractivity contribution < 1.29 is 13.7 Å². The predicted molar refractivity (Wildman–Crippen MR) is 118 cm³/mol. The Bertz CT molecular complexity index is 1230. The highest BCUT2D eigenvalue weighted by Crippen LogP contribution is 2.29. The lowest BCUT2D eigenvalue weighted by atomic mass is 10.1. The van der Waals surface area contributed by atoms with Gasteiger partial charge in [-0.25, -0.2) is 0 Å². The molecular weight excluding hydrogens is 416 g/mol. The van der Waals surface area contributed by atoms with Gasteiger partial charge in [-0.2, -0.15) is 4.98 Å². The fourth-order valence-electron chi connectivity index (χ4n) is 3.96. The van der Waals surface area contributed by atoms with Crippen molar-refractivity contribution in [1.82, 2.24) is 15.0 Å². The van der Waals surface area contributed by atoms with Gasteiger partial charge in [0, 0.05) is 36.3 Å². The van der Waals surface area contributed by atoms with E-state index in [0.29, 0.717) is 59.2 Å². The monoisotopic (exact) mass is 436 g/mol. The molecule has 0 spiro atoms. The Labute approximate surface area is 184 Å². The van der Waals surface area contributed by atoms with Crippen LogP contribution < -0.4 is 5.32 Å². The highest BCUT2D eigenvalue weighted by atomic mass is 35.5. The maximum Gasteiger partial charge on any atom is 0.295 e. The van der Waals surface area contributed by atoms with Gasteiger partial charge in [-0.3, -0.25) is 4.79 Å². The number of rotatable bonds is 5. The second-order valence-corrected chi connectivity index (χ2v) is 8.18. The summed E-state index contributed by atoms with van der Waals surface area (Å²) in [6.07, 6.45) is 0.899. The minimum Gasteiger partial charge on any atom is -0.424 e. The summed E-state index contributed by atoms with van der Waals surface area (Å²) in [5, 5.41) is 7.99. The van der Waals surface area contributed by atoms with Crippen molar-refractivity contribution >= 4 is 34.6 Å². The molecule has 2 aromatic heterocycles. The summed E-state index contributed by atoms with van der Waals surface area (Å²) in [7, 11) is 0. The summed E-state index contributed by atoms with van der Waals surface area (Å²) in [6, 6.07) is 15.5. The normalized spacial score (nSPS) is 16.2. The van der Waals surface area contributed by atoms with Gasteiger partial charge in [-0.15, -0.1) is 0 Å². The average molecular weight is 437 g/mol. The molecule has 0 radical (unpaired) electrons. The topological polar surface area (TPSA) is 84.4 Å². The van der Waals surface area contributed by atoms with Gasteiger partial charge >= 0.3 is 0 Å². The summed E-state index contributed by atoms with van der Waals surface area (Å²) in [5.74, 6) is 0.787. The van der Waals surface area contributed by atoms with Crippen LogP contribution in [0.4, 0.5) is 6.01 Å². The minimum absolute atomic E-state index is 0.0448. The van der Waals surface area contributed by atoms with Crippen LogP contribution in [0.3, 0.4) is 0 Å². The smallest absolute Gasteiger partial charge is 0.295 e. The molecule has 1 N–H and O–H groups in total. The maximum atomic E-state index is 13.3. The standard InChI is InChI=1S/C23H21ClN4O3/c1-14-20(21(27-31-14)16-5-3-2-4-6-16)22(29)28-10-9-15(13-28)12-25-23-26-18-8-7-17(24)11-19(18)30-23/h2-8,11,15H,9-10,12-13H2,1H3,(H,25,26)/t15-/m1/s1. The van der Waals surface area contributed by atoms with Gasteiger partial charge in [0.25, 0.3) is 11.9 Å². The Hall–Kier alpha value is -3.32. The number of nitrogens with one attached hydrogen (secondary N) is 1. The summed E-state index contributed by atoms with van der Waals surface area (Å²) < 4.78 is 11.1. The lowest BCUT2D eigenvalue weighted by Crippen LogP contribution is -2.30. The van der Waals surface area contributed by atoms with Gasteiger partial charge in [0.2, 0.25) is 0 Å². The molecule has 2 aromatic carbocycles. The van der Waals surface area contributed by atoms with Crippen LogP contribution in [0.1, 0.15) is 22.5 Å². The van der Waals surface area contributed by atoms with E-state index in [0.717, 1.165) is 17.5 Å². The van der Waals surface area contributed by atoms with Crippen LogP contribution in [0.25, 0.3) is 22.4 Å². The second-order valence-electron chi connectivity index (χ2n) is 7.75. The van der Waals surface area contributed by atoms with E-state index in [-0.39, 0.29) is 5.91 Å². The second kappa shape index (κ2) is 8.07. The summed E-state index contributed by atoms with van der Waals surface area (Å²) in [5.41, 5.74) is 3.41. The number of carbonyl (C=O) groups excluding carboxylic acids is 1. The Morgan fingerprint density at radius 3 is 2.94 bits per heavy atom. The first-order valence-corrected chi connectivity index (χ1v) is 10.6. The highest BCUT2D eigenvalue weighted by molar-refractivity contribution is 6.31. The molecule has 1 fully saturated rings. The van der Waals surface area contributed by atoms with Crippen molar-refractivity contribution in [2.24, 2.45) is 5.92 Å². The van der Waals surface area contributed by atoms with Crippen LogP contribution in [0.15, 0.2) is 57.5 Å². The molecule has 7 nitrogen and oxygen atoms in total. The molecule has 0 unspecified atom stereocenters. The van der Waals surface area contributed by atoms with Crippen molar-refractivity contribution in [2.45, 2.75) is 13.3 Å². The van der Waals surface area contributed by atoms with E-state index < -0.39 is 0 Å². The fourth-order valence-corrected chi connectivity index (χ4v) is 4.13. The Morgan fingerprint density at radius 1 is 1.26 bits per heavy atom. The fraction of sp³-hybridized carbons (Fsp3) is 0.261. The first-order valence-electron chi connectivity index (χ1n) is 10.2. The van der Waals surface area contributed by atoms with Gasteiger partial charge in [0.15, 0.2) is 5.58 Å². The lowest BCUT2D eigenvalue weighted by molar-refractivity contribution is 0.0786. The molecule has 31 heavy (non-hydrogen) atoms. The number of likely N-dealkylation sites (tertiary alicyclic amines) is 1. The third-order valence-corrected chi connectivity index (χ3v) is 5.82. The summed E-state index contributed by atoms with van der Waals surface area (Å²) >= 11 is 6.00. The van der Waals surface area contributed by atoms with Gasteiger partial charge in [0.05, 0.1) is 0 Å². The first-order chi connectivity index (χ1) is 15.1. The van der Waals surface area contributed by atoms with Crippen LogP contribution in [0, 0.1) is 12.8 Å². The number of halogens is 1. The van der Waals surface area contributed by atoms with E-state index in [1.807, 2.05) is 41.3 Å². The number of amides is 1. The molecule has 158 valence electrons. The third-order valence-electron chi connectivity index (χ3n) is 5.59. The molecule has 4 aromatic rings. The zero-order valence-corrected chi connectivity index (χ0v) is 17.7. The lowest BCUT2D eigenvalue weighted by Gasteiger charge is -2.17. The Morgan fingerprint density at radius 2 is 2.10 bits per heavy atom. The zero-order valence-electron chi connectivity index (χ0n) is 17.0. The van der Waals surface area contributed by atoms with Crippen LogP contribution in [0.5, 0.6) is 0 Å². The summed E-state index contributed by atoms with van der Waals surface area (Å²) in [4.78, 5) is 19.5. The van der Waals surface area contributed by atoms with Gasteiger partial charge in [0.1, 0.15) is 22.5 Å². The molecule has 5 rings (SSSR count). The quantitative estimate of drug-likeness (QED) is 0.473. The number of nitrogens with zero attached hydrogens (tertiary/aromatic N) is 3. The van der Waals surface area contributed by atoms with Crippen molar-refractivity contribution in [3.05, 3.63) is 64.9 Å². The van der Waals surface area contributed by atoms with Gasteiger partial charge < -0.3 is 19.2 Å². The largest absolute Gasteiger partial charge is 0.424 e. The minimum atomic E-state index is -0.0448. The number of fused-ring (bicyclic) bond motifs is 1. The van der Waals surface area contributed by atoms with Crippen LogP contribution in [-0.2, 0) is 0 Å². The number of anilines is 1. The molecule has 0 aliphatic carbocycles. The molecule has 0 saturated carbocycles. The van der Waals surface area contributed by atoms with E-state index >= 15 is 0 Å². The zero-order chi connectivity index (χ0) is 21.4. The molecule has 3 heterocycles. The van der Waals surface area contributed by atoms with Crippen LogP contribution >= 0.6 is 11.6 Å². The third kappa shape index (κ3) is 3.88. The number of aromatic nitrogens is 2. The molecule has 1 aliphatic heterocycles. The van der Waals surface area contributed by atoms with E-state index in [1.54, 1.807) is 19.1 Å². The van der Waals surface area contributed by atoms with Crippen molar-refractivity contribution in [3.63, 3.8) is 0 Å². The molecule has 1 amide bonds. The van der Waals surface area contributed by atoms with Crippen LogP contribution in [-0.4, -0.2) is 40.6 Å². The highest BCUT2D eigenvalue weighted by Gasteiger charge is 2.31. The SMILES string of the molecule is Cc1onc(-c2ccccc2)c1C(=O)N1CC[C@H](CNc2nc3ccc(Cl)cc3o2)C1. The Balaban J connectivity index is 1.25. The van der Waals surface area contributed by atoms with E-state index in [4.69, 9.17) is 20.5 Å². The first kappa shape index (κ1) is 19.6. The number of benzene rings is 2. The molecule has 1 aliphatic rings. The molecule has 0 bridgehead atoms. The summed E-state index contributed by atoms with van der Waals surface area (Å²) in [6.45, 7) is 3.78. The van der Waals surface area contributed by atoms with E-state index in [2.05, 4.69) is 15.5 Å². The van der Waals surface area contributed by atoms with E-state index in [1.165, 1.54) is 0 Å².